The van der Waals surface area contributed by atoms with Gasteiger partial charge in [-0.1, -0.05) is 17.7 Å². The van der Waals surface area contributed by atoms with Gasteiger partial charge < -0.3 is 19.3 Å². The van der Waals surface area contributed by atoms with Gasteiger partial charge in [-0.3, -0.25) is 9.59 Å². The molecule has 140 valence electrons. The van der Waals surface area contributed by atoms with Crippen LogP contribution in [0.2, 0.25) is 0 Å². The molecule has 0 spiro atoms. The zero-order chi connectivity index (χ0) is 18.8. The Morgan fingerprint density at radius 1 is 0.778 bits per heavy atom. The minimum Gasteiger partial charge on any atom is -0.454 e. The van der Waals surface area contributed by atoms with Crippen molar-refractivity contribution >= 4 is 11.8 Å². The number of carbonyl (C=O) groups excluding carboxylic acids is 2. The number of fused-ring (bicyclic) bond motifs is 1. The number of aryl methyl sites for hydroxylation is 1. The minimum absolute atomic E-state index is 0.0207. The predicted molar refractivity (Wildman–Crippen MR) is 100 cm³/mol. The van der Waals surface area contributed by atoms with Crippen LogP contribution < -0.4 is 9.47 Å². The number of rotatable bonds is 2. The third-order valence-corrected chi connectivity index (χ3v) is 4.99. The Morgan fingerprint density at radius 3 is 2.07 bits per heavy atom. The van der Waals surface area contributed by atoms with E-state index in [-0.39, 0.29) is 18.6 Å². The Labute approximate surface area is 158 Å². The van der Waals surface area contributed by atoms with Crippen molar-refractivity contribution in [2.24, 2.45) is 0 Å². The van der Waals surface area contributed by atoms with Gasteiger partial charge in [0.2, 0.25) is 6.79 Å². The summed E-state index contributed by atoms with van der Waals surface area (Å²) in [6, 6.07) is 12.9. The van der Waals surface area contributed by atoms with Gasteiger partial charge in [-0.25, -0.2) is 0 Å². The highest BCUT2D eigenvalue weighted by molar-refractivity contribution is 5.96. The molecule has 1 fully saturated rings. The van der Waals surface area contributed by atoms with Crippen LogP contribution in [0.1, 0.15) is 32.7 Å². The molecule has 0 unspecified atom stereocenters. The summed E-state index contributed by atoms with van der Waals surface area (Å²) in [6.07, 6.45) is 0.758. The number of benzene rings is 2. The largest absolute Gasteiger partial charge is 0.454 e. The number of amides is 2. The van der Waals surface area contributed by atoms with Gasteiger partial charge in [0.1, 0.15) is 0 Å². The van der Waals surface area contributed by atoms with Crippen molar-refractivity contribution in [3.05, 3.63) is 59.2 Å². The van der Waals surface area contributed by atoms with Gasteiger partial charge in [0.15, 0.2) is 11.5 Å². The van der Waals surface area contributed by atoms with E-state index in [0.29, 0.717) is 48.8 Å². The summed E-state index contributed by atoms with van der Waals surface area (Å²) in [7, 11) is 0. The van der Waals surface area contributed by atoms with Crippen molar-refractivity contribution in [1.82, 2.24) is 9.80 Å². The topological polar surface area (TPSA) is 59.1 Å². The Hall–Kier alpha value is -3.02. The monoisotopic (exact) mass is 366 g/mol. The van der Waals surface area contributed by atoms with Gasteiger partial charge >= 0.3 is 0 Å². The lowest BCUT2D eigenvalue weighted by Crippen LogP contribution is -2.37. The fourth-order valence-electron chi connectivity index (χ4n) is 3.41. The van der Waals surface area contributed by atoms with Gasteiger partial charge in [-0.2, -0.15) is 0 Å². The second kappa shape index (κ2) is 7.31. The lowest BCUT2D eigenvalue weighted by molar-refractivity contribution is 0.0718. The summed E-state index contributed by atoms with van der Waals surface area (Å²) in [6.45, 7) is 4.52. The highest BCUT2D eigenvalue weighted by Gasteiger charge is 2.25. The van der Waals surface area contributed by atoms with E-state index in [1.54, 1.807) is 23.1 Å². The summed E-state index contributed by atoms with van der Waals surface area (Å²) in [4.78, 5) is 29.2. The predicted octanol–water partition coefficient (Wildman–Crippen LogP) is 2.71. The second-order valence-corrected chi connectivity index (χ2v) is 6.87. The molecule has 0 N–H and O–H groups in total. The van der Waals surface area contributed by atoms with Crippen LogP contribution in [-0.4, -0.2) is 54.6 Å². The maximum absolute atomic E-state index is 12.9. The van der Waals surface area contributed by atoms with E-state index in [4.69, 9.17) is 9.47 Å². The van der Waals surface area contributed by atoms with Gasteiger partial charge in [0.25, 0.3) is 11.8 Å². The van der Waals surface area contributed by atoms with Crippen LogP contribution in [0.3, 0.4) is 0 Å². The van der Waals surface area contributed by atoms with E-state index in [1.165, 1.54) is 0 Å². The molecule has 1 saturated heterocycles. The maximum Gasteiger partial charge on any atom is 0.254 e. The highest BCUT2D eigenvalue weighted by atomic mass is 16.7. The molecular formula is C21H22N2O4. The van der Waals surface area contributed by atoms with Gasteiger partial charge in [-0.15, -0.1) is 0 Å². The molecule has 0 bridgehead atoms. The number of nitrogens with zero attached hydrogens (tertiary/aromatic N) is 2. The van der Waals surface area contributed by atoms with Gasteiger partial charge in [0, 0.05) is 37.3 Å². The molecule has 6 heteroatoms. The molecule has 0 saturated carbocycles. The molecule has 2 aliphatic heterocycles. The van der Waals surface area contributed by atoms with E-state index >= 15 is 0 Å². The fourth-order valence-corrected chi connectivity index (χ4v) is 3.41. The molecule has 2 amide bonds. The maximum atomic E-state index is 12.9. The summed E-state index contributed by atoms with van der Waals surface area (Å²) < 4.78 is 10.7. The lowest BCUT2D eigenvalue weighted by Gasteiger charge is -2.22. The first-order valence-corrected chi connectivity index (χ1v) is 9.17. The van der Waals surface area contributed by atoms with Crippen molar-refractivity contribution in [3.8, 4) is 11.5 Å². The molecule has 0 atom stereocenters. The lowest BCUT2D eigenvalue weighted by atomic mass is 10.1. The van der Waals surface area contributed by atoms with Gasteiger partial charge in [0.05, 0.1) is 0 Å². The first-order valence-electron chi connectivity index (χ1n) is 9.17. The molecule has 2 heterocycles. The van der Waals surface area contributed by atoms with Crippen LogP contribution in [0.25, 0.3) is 0 Å². The summed E-state index contributed by atoms with van der Waals surface area (Å²) in [5, 5.41) is 0. The van der Waals surface area contributed by atoms with Crippen LogP contribution >= 0.6 is 0 Å². The smallest absolute Gasteiger partial charge is 0.254 e. The van der Waals surface area contributed by atoms with E-state index in [9.17, 15) is 9.59 Å². The molecule has 2 aliphatic rings. The van der Waals surface area contributed by atoms with Crippen molar-refractivity contribution in [3.63, 3.8) is 0 Å². The Morgan fingerprint density at radius 2 is 1.37 bits per heavy atom. The van der Waals surface area contributed by atoms with E-state index in [0.717, 1.165) is 12.0 Å². The normalized spacial score (nSPS) is 16.2. The third kappa shape index (κ3) is 3.60. The molecule has 27 heavy (non-hydrogen) atoms. The standard InChI is InChI=1S/C21H22N2O4/c1-15-3-5-16(6-4-15)20(24)22-9-2-10-23(12-11-22)21(25)17-7-8-18-19(13-17)27-14-26-18/h3-8,13H,2,9-12,14H2,1H3. The minimum atomic E-state index is -0.0436. The highest BCUT2D eigenvalue weighted by Crippen LogP contribution is 2.32. The first-order chi connectivity index (χ1) is 13.1. The molecule has 2 aromatic rings. The summed E-state index contributed by atoms with van der Waals surface area (Å²) >= 11 is 0. The van der Waals surface area contributed by atoms with Crippen LogP contribution in [0.4, 0.5) is 0 Å². The number of ether oxygens (including phenoxy) is 2. The Kier molecular flexibility index (Phi) is 4.71. The van der Waals surface area contributed by atoms with Crippen molar-refractivity contribution in [2.45, 2.75) is 13.3 Å². The molecule has 0 radical (unpaired) electrons. The van der Waals surface area contributed by atoms with Crippen LogP contribution in [0, 0.1) is 6.92 Å². The molecule has 0 aliphatic carbocycles. The van der Waals surface area contributed by atoms with E-state index < -0.39 is 0 Å². The molecule has 6 nitrogen and oxygen atoms in total. The SMILES string of the molecule is Cc1ccc(C(=O)N2CCCN(C(=O)c3ccc4c(c3)OCO4)CC2)cc1. The molecule has 4 rings (SSSR count). The zero-order valence-electron chi connectivity index (χ0n) is 15.3. The Balaban J connectivity index is 1.43. The van der Waals surface area contributed by atoms with Gasteiger partial charge in [-0.05, 0) is 43.7 Å². The quantitative estimate of drug-likeness (QED) is 0.820. The Bertz CT molecular complexity index is 863. The third-order valence-electron chi connectivity index (χ3n) is 4.99. The van der Waals surface area contributed by atoms with Crippen LogP contribution in [-0.2, 0) is 0 Å². The number of carbonyl (C=O) groups is 2. The van der Waals surface area contributed by atoms with Crippen LogP contribution in [0.15, 0.2) is 42.5 Å². The zero-order valence-corrected chi connectivity index (χ0v) is 15.3. The summed E-state index contributed by atoms with van der Waals surface area (Å²) in [5.74, 6) is 1.24. The molecule has 2 aromatic carbocycles. The average molecular weight is 366 g/mol. The second-order valence-electron chi connectivity index (χ2n) is 6.87. The van der Waals surface area contributed by atoms with Crippen molar-refractivity contribution in [2.75, 3.05) is 33.0 Å². The van der Waals surface area contributed by atoms with Crippen molar-refractivity contribution < 1.29 is 19.1 Å². The fraction of sp³-hybridized carbons (Fsp3) is 0.333. The number of hydrogen-bond acceptors (Lipinski definition) is 4. The average Bonchev–Trinajstić information content (AvgIpc) is 3.02. The molecule has 0 aromatic heterocycles. The van der Waals surface area contributed by atoms with Crippen molar-refractivity contribution in [1.29, 1.82) is 0 Å². The van der Waals surface area contributed by atoms with E-state index in [1.807, 2.05) is 36.1 Å². The van der Waals surface area contributed by atoms with Crippen LogP contribution in [0.5, 0.6) is 11.5 Å². The number of hydrogen-bond donors (Lipinski definition) is 0. The first kappa shape index (κ1) is 17.4. The summed E-state index contributed by atoms with van der Waals surface area (Å²) in [5.41, 5.74) is 2.40. The van der Waals surface area contributed by atoms with E-state index in [2.05, 4.69) is 0 Å². The molecular weight excluding hydrogens is 344 g/mol.